The van der Waals surface area contributed by atoms with Crippen molar-refractivity contribution in [3.63, 3.8) is 0 Å². The first-order valence-electron chi connectivity index (χ1n) is 9.64. The summed E-state index contributed by atoms with van der Waals surface area (Å²) in [7, 11) is -9.09. The van der Waals surface area contributed by atoms with Gasteiger partial charge in [0.2, 0.25) is 0 Å². The van der Waals surface area contributed by atoms with Crippen molar-refractivity contribution >= 4 is 27.1 Å². The largest absolute Gasteiger partial charge is 0.477 e. The number of aromatic nitrogens is 2. The Morgan fingerprint density at radius 1 is 0.706 bits per heavy atom. The Balaban J connectivity index is 2.20. The maximum atomic E-state index is 11.6. The molecule has 0 atom stereocenters. The number of carboxylic acids is 2. The highest BCUT2D eigenvalue weighted by atomic mass is 31.2. The first kappa shape index (κ1) is 27.7. The van der Waals surface area contributed by atoms with Crippen LogP contribution in [0.5, 0.6) is 0 Å². The third-order valence-electron chi connectivity index (χ3n) is 4.32. The van der Waals surface area contributed by atoms with Gasteiger partial charge in [0.25, 0.3) is 0 Å². The van der Waals surface area contributed by atoms with E-state index in [0.717, 1.165) is 0 Å². The number of hydrogen-bond acceptors (Lipinski definition) is 8. The van der Waals surface area contributed by atoms with Gasteiger partial charge in [-0.1, -0.05) is 12.1 Å². The molecule has 0 radical (unpaired) electrons. The molecule has 186 valence electrons. The van der Waals surface area contributed by atoms with E-state index in [0.29, 0.717) is 0 Å². The maximum Gasteiger partial charge on any atom is 0.354 e. The van der Waals surface area contributed by atoms with Gasteiger partial charge in [0, 0.05) is 26.2 Å². The van der Waals surface area contributed by atoms with Gasteiger partial charge < -0.3 is 29.8 Å². The van der Waals surface area contributed by atoms with Crippen LogP contribution in [-0.2, 0) is 22.2 Å². The predicted octanol–water partition coefficient (Wildman–Crippen LogP) is 0.448. The van der Waals surface area contributed by atoms with Crippen LogP contribution in [0.2, 0.25) is 0 Å². The molecule has 2 heterocycles. The molecular formula is C18H24N4O10P2. The zero-order valence-corrected chi connectivity index (χ0v) is 19.5. The van der Waals surface area contributed by atoms with Crippen LogP contribution in [0, 0.1) is 0 Å². The van der Waals surface area contributed by atoms with E-state index in [-0.39, 0.29) is 49.0 Å². The van der Waals surface area contributed by atoms with Gasteiger partial charge in [0.1, 0.15) is 24.0 Å². The van der Waals surface area contributed by atoms with Crippen LogP contribution in [0.3, 0.4) is 0 Å². The van der Waals surface area contributed by atoms with Gasteiger partial charge in [-0.3, -0.25) is 18.9 Å². The van der Waals surface area contributed by atoms with Crippen molar-refractivity contribution in [1.29, 1.82) is 0 Å². The fraction of sp³-hybridized carbons (Fsp3) is 0.333. The molecule has 0 aliphatic rings. The summed E-state index contributed by atoms with van der Waals surface area (Å²) in [4.78, 5) is 70.4. The van der Waals surface area contributed by atoms with Crippen molar-refractivity contribution in [2.75, 3.05) is 25.7 Å². The average molecular weight is 518 g/mol. The van der Waals surface area contributed by atoms with E-state index < -0.39 is 39.7 Å². The third-order valence-corrected chi connectivity index (χ3v) is 5.86. The summed E-state index contributed by atoms with van der Waals surface area (Å²) in [6.07, 6.45) is -1.41. The fourth-order valence-electron chi connectivity index (χ4n) is 3.04. The molecule has 2 aromatic rings. The molecule has 0 spiro atoms. The lowest BCUT2D eigenvalue weighted by molar-refractivity contribution is 0.0679. The van der Waals surface area contributed by atoms with Gasteiger partial charge in [-0.2, -0.15) is 0 Å². The molecule has 0 aliphatic carbocycles. The Bertz CT molecular complexity index is 1030. The van der Waals surface area contributed by atoms with Crippen molar-refractivity contribution in [3.05, 3.63) is 59.2 Å². The zero-order chi connectivity index (χ0) is 25.5. The first-order chi connectivity index (χ1) is 15.7. The molecule has 0 amide bonds. The lowest BCUT2D eigenvalue weighted by atomic mass is 10.2. The molecule has 6 N–H and O–H groups in total. The molecule has 34 heavy (non-hydrogen) atoms. The Hall–Kier alpha value is -2.54. The SMILES string of the molecule is O=C(O)c1cccc(CN(CCN(Cc2cccc(C(=O)O)n2)CP(=O)(O)O)CP(=O)(O)O)n1. The van der Waals surface area contributed by atoms with Crippen LogP contribution in [0.15, 0.2) is 36.4 Å². The topological polar surface area (TPSA) is 222 Å². The maximum absolute atomic E-state index is 11.6. The standard InChI is InChI=1S/C18H24N4O10P2/c23-17(24)15-5-1-3-13(19-15)9-21(11-33(27,28)29)7-8-22(12-34(30,31)32)10-14-4-2-6-16(20-14)18(25)26/h1-6H,7-12H2,(H,23,24)(H,25,26)(H2,27,28,29)(H2,30,31,32). The van der Waals surface area contributed by atoms with Crippen LogP contribution in [0.25, 0.3) is 0 Å². The minimum absolute atomic E-state index is 0.0806. The second-order valence-corrected chi connectivity index (χ2v) is 10.6. The summed E-state index contributed by atoms with van der Waals surface area (Å²) in [5, 5.41) is 18.2. The van der Waals surface area contributed by atoms with Gasteiger partial charge in [-0.05, 0) is 24.3 Å². The molecule has 0 unspecified atom stereocenters. The van der Waals surface area contributed by atoms with E-state index in [1.54, 1.807) is 0 Å². The molecule has 0 fully saturated rings. The number of aromatic carboxylic acids is 2. The Morgan fingerprint density at radius 3 is 1.35 bits per heavy atom. The number of rotatable bonds is 13. The summed E-state index contributed by atoms with van der Waals surface area (Å²) in [6, 6.07) is 8.35. The molecule has 16 heteroatoms. The van der Waals surface area contributed by atoms with Crippen LogP contribution >= 0.6 is 15.2 Å². The van der Waals surface area contributed by atoms with E-state index in [2.05, 4.69) is 9.97 Å². The molecule has 14 nitrogen and oxygen atoms in total. The molecule has 0 aromatic carbocycles. The number of pyridine rings is 2. The van der Waals surface area contributed by atoms with Crippen molar-refractivity contribution in [2.45, 2.75) is 13.1 Å². The summed E-state index contributed by atoms with van der Waals surface area (Å²) in [5.41, 5.74) is -0.0429. The predicted molar refractivity (Wildman–Crippen MR) is 117 cm³/mol. The van der Waals surface area contributed by atoms with Gasteiger partial charge in [-0.25, -0.2) is 19.6 Å². The summed E-state index contributed by atoms with van der Waals surface area (Å²) in [6.45, 7) is -0.434. The van der Waals surface area contributed by atoms with Gasteiger partial charge >= 0.3 is 27.1 Å². The number of carbonyl (C=O) groups is 2. The van der Waals surface area contributed by atoms with Crippen molar-refractivity contribution in [1.82, 2.24) is 19.8 Å². The number of nitrogens with zero attached hydrogens (tertiary/aromatic N) is 4. The highest BCUT2D eigenvalue weighted by Crippen LogP contribution is 2.37. The normalized spacial score (nSPS) is 12.3. The van der Waals surface area contributed by atoms with Gasteiger partial charge in [0.05, 0.1) is 11.4 Å². The third kappa shape index (κ3) is 10.2. The highest BCUT2D eigenvalue weighted by molar-refractivity contribution is 7.51. The summed E-state index contributed by atoms with van der Waals surface area (Å²) < 4.78 is 23.2. The zero-order valence-electron chi connectivity index (χ0n) is 17.7. The van der Waals surface area contributed by atoms with E-state index in [9.17, 15) is 38.3 Å². The molecule has 2 rings (SSSR count). The van der Waals surface area contributed by atoms with Crippen LogP contribution in [-0.4, -0.2) is 87.2 Å². The number of hydrogen-bond donors (Lipinski definition) is 6. The number of carboxylic acid groups (broad SMARTS) is 2. The average Bonchev–Trinajstić information content (AvgIpc) is 2.70. The minimum Gasteiger partial charge on any atom is -0.477 e. The lowest BCUT2D eigenvalue weighted by Crippen LogP contribution is -2.36. The molecule has 0 saturated heterocycles. The van der Waals surface area contributed by atoms with E-state index in [1.165, 1.54) is 46.2 Å². The Kier molecular flexibility index (Phi) is 9.56. The summed E-state index contributed by atoms with van der Waals surface area (Å²) in [5.74, 6) is -2.54. The highest BCUT2D eigenvalue weighted by Gasteiger charge is 2.24. The Morgan fingerprint density at radius 2 is 1.06 bits per heavy atom. The molecule has 0 bridgehead atoms. The van der Waals surface area contributed by atoms with Crippen molar-refractivity contribution in [2.24, 2.45) is 0 Å². The quantitative estimate of drug-likeness (QED) is 0.198. The molecule has 2 aromatic heterocycles. The lowest BCUT2D eigenvalue weighted by Gasteiger charge is -2.27. The van der Waals surface area contributed by atoms with Crippen LogP contribution < -0.4 is 0 Å². The van der Waals surface area contributed by atoms with Crippen molar-refractivity contribution in [3.8, 4) is 0 Å². The Labute approximate surface area is 193 Å². The first-order valence-corrected chi connectivity index (χ1v) is 13.2. The molecule has 0 aliphatic heterocycles. The summed E-state index contributed by atoms with van der Waals surface area (Å²) >= 11 is 0. The van der Waals surface area contributed by atoms with E-state index in [1.807, 2.05) is 0 Å². The minimum atomic E-state index is -4.54. The second-order valence-electron chi connectivity index (χ2n) is 7.36. The van der Waals surface area contributed by atoms with E-state index >= 15 is 0 Å². The second kappa shape index (κ2) is 11.7. The van der Waals surface area contributed by atoms with Crippen molar-refractivity contribution < 1.29 is 48.5 Å². The van der Waals surface area contributed by atoms with Gasteiger partial charge in [-0.15, -0.1) is 0 Å². The fourth-order valence-corrected chi connectivity index (χ4v) is 4.56. The monoisotopic (exact) mass is 518 g/mol. The van der Waals surface area contributed by atoms with Crippen LogP contribution in [0.1, 0.15) is 32.4 Å². The molecular weight excluding hydrogens is 494 g/mol. The van der Waals surface area contributed by atoms with Gasteiger partial charge in [0.15, 0.2) is 0 Å². The molecule has 0 saturated carbocycles. The van der Waals surface area contributed by atoms with E-state index in [4.69, 9.17) is 10.2 Å². The smallest absolute Gasteiger partial charge is 0.354 e. The van der Waals surface area contributed by atoms with Crippen LogP contribution in [0.4, 0.5) is 0 Å².